The highest BCUT2D eigenvalue weighted by Crippen LogP contribution is 2.28. The van der Waals surface area contributed by atoms with E-state index in [1.807, 2.05) is 13.0 Å². The van der Waals surface area contributed by atoms with Gasteiger partial charge in [0.05, 0.1) is 5.02 Å². The number of nitrogens with two attached hydrogens (primary N) is 1. The third-order valence-electron chi connectivity index (χ3n) is 2.51. The Bertz CT molecular complexity index is 396. The lowest BCUT2D eigenvalue weighted by atomic mass is 10.2. The van der Waals surface area contributed by atoms with E-state index in [1.165, 1.54) is 0 Å². The zero-order chi connectivity index (χ0) is 12.8. The molecule has 17 heavy (non-hydrogen) atoms. The minimum absolute atomic E-state index is 0.0267. The van der Waals surface area contributed by atoms with Crippen molar-refractivity contribution in [1.82, 2.24) is 4.90 Å². The molecule has 1 aromatic rings. The summed E-state index contributed by atoms with van der Waals surface area (Å²) in [4.78, 5) is 13.2. The Kier molecular flexibility index (Phi) is 5.25. The number of hydrogen-bond donors (Lipinski definition) is 1. The second-order valence-corrected chi connectivity index (χ2v) is 4.04. The molecule has 1 amide bonds. The van der Waals surface area contributed by atoms with Gasteiger partial charge < -0.3 is 15.4 Å². The molecular weight excluding hydrogens is 240 g/mol. The van der Waals surface area contributed by atoms with E-state index in [1.54, 1.807) is 24.1 Å². The summed E-state index contributed by atoms with van der Waals surface area (Å²) in [5, 5.41) is 0.472. The molecular formula is C12H17ClN2O2. The standard InChI is InChI=1S/C12H17ClN2O2/c1-3-15(2)11(16)8-17-12-9(7-14)5-4-6-10(12)13/h4-6H,3,7-8,14H2,1-2H3. The summed E-state index contributed by atoms with van der Waals surface area (Å²) in [6.07, 6.45) is 0. The van der Waals surface area contributed by atoms with Gasteiger partial charge in [-0.3, -0.25) is 4.79 Å². The number of rotatable bonds is 5. The lowest BCUT2D eigenvalue weighted by Crippen LogP contribution is -2.31. The number of halogens is 1. The number of carbonyl (C=O) groups is 1. The number of nitrogens with zero attached hydrogens (tertiary/aromatic N) is 1. The molecule has 5 heteroatoms. The van der Waals surface area contributed by atoms with Gasteiger partial charge in [0, 0.05) is 25.7 Å². The molecule has 0 atom stereocenters. The maximum Gasteiger partial charge on any atom is 0.260 e. The average Bonchev–Trinajstić information content (AvgIpc) is 2.35. The van der Waals surface area contributed by atoms with Gasteiger partial charge in [-0.25, -0.2) is 0 Å². The third-order valence-corrected chi connectivity index (χ3v) is 2.81. The van der Waals surface area contributed by atoms with Gasteiger partial charge in [-0.1, -0.05) is 23.7 Å². The molecule has 0 radical (unpaired) electrons. The van der Waals surface area contributed by atoms with Crippen LogP contribution in [-0.2, 0) is 11.3 Å². The molecule has 0 heterocycles. The minimum atomic E-state index is -0.0876. The van der Waals surface area contributed by atoms with Crippen molar-refractivity contribution >= 4 is 17.5 Å². The Hall–Kier alpha value is -1.26. The fourth-order valence-corrected chi connectivity index (χ4v) is 1.55. The summed E-state index contributed by atoms with van der Waals surface area (Å²) in [7, 11) is 1.72. The number of carbonyl (C=O) groups excluding carboxylic acids is 1. The molecule has 0 fully saturated rings. The number of para-hydroxylation sites is 1. The van der Waals surface area contributed by atoms with Crippen molar-refractivity contribution in [1.29, 1.82) is 0 Å². The van der Waals surface area contributed by atoms with Crippen LogP contribution in [0.15, 0.2) is 18.2 Å². The first-order valence-electron chi connectivity index (χ1n) is 5.44. The zero-order valence-corrected chi connectivity index (χ0v) is 10.8. The molecule has 0 saturated carbocycles. The molecule has 0 aliphatic carbocycles. The van der Waals surface area contributed by atoms with E-state index in [2.05, 4.69) is 0 Å². The monoisotopic (exact) mass is 256 g/mol. The lowest BCUT2D eigenvalue weighted by Gasteiger charge is -2.16. The maximum absolute atomic E-state index is 11.6. The fraction of sp³-hybridized carbons (Fsp3) is 0.417. The Morgan fingerprint density at radius 2 is 2.24 bits per heavy atom. The molecule has 0 spiro atoms. The number of amides is 1. The molecule has 0 bridgehead atoms. The first-order chi connectivity index (χ1) is 8.10. The first kappa shape index (κ1) is 13.8. The maximum atomic E-state index is 11.6. The molecule has 2 N–H and O–H groups in total. The van der Waals surface area contributed by atoms with Gasteiger partial charge >= 0.3 is 0 Å². The number of likely N-dealkylation sites (N-methyl/N-ethyl adjacent to an activating group) is 1. The van der Waals surface area contributed by atoms with Crippen molar-refractivity contribution < 1.29 is 9.53 Å². The molecule has 4 nitrogen and oxygen atoms in total. The van der Waals surface area contributed by atoms with E-state index in [-0.39, 0.29) is 12.5 Å². The van der Waals surface area contributed by atoms with Crippen LogP contribution < -0.4 is 10.5 Å². The average molecular weight is 257 g/mol. The van der Waals surface area contributed by atoms with Crippen LogP contribution in [0, 0.1) is 0 Å². The van der Waals surface area contributed by atoms with Crippen molar-refractivity contribution in [3.8, 4) is 5.75 Å². The quantitative estimate of drug-likeness (QED) is 0.872. The molecule has 0 saturated heterocycles. The molecule has 1 rings (SSSR count). The molecule has 1 aromatic carbocycles. The number of ether oxygens (including phenoxy) is 1. The van der Waals surface area contributed by atoms with Crippen LogP contribution in [0.25, 0.3) is 0 Å². The zero-order valence-electron chi connectivity index (χ0n) is 10.1. The van der Waals surface area contributed by atoms with E-state index in [0.29, 0.717) is 23.9 Å². The van der Waals surface area contributed by atoms with Crippen molar-refractivity contribution in [2.24, 2.45) is 5.73 Å². The van der Waals surface area contributed by atoms with Gasteiger partial charge in [-0.05, 0) is 13.0 Å². The molecule has 94 valence electrons. The molecule has 0 aliphatic rings. The fourth-order valence-electron chi connectivity index (χ4n) is 1.30. The highest BCUT2D eigenvalue weighted by atomic mass is 35.5. The Morgan fingerprint density at radius 1 is 1.53 bits per heavy atom. The van der Waals surface area contributed by atoms with Crippen LogP contribution in [0.3, 0.4) is 0 Å². The molecule has 0 aliphatic heterocycles. The van der Waals surface area contributed by atoms with Gasteiger partial charge in [0.2, 0.25) is 0 Å². The van der Waals surface area contributed by atoms with Crippen molar-refractivity contribution in [3.63, 3.8) is 0 Å². The highest BCUT2D eigenvalue weighted by Gasteiger charge is 2.11. The minimum Gasteiger partial charge on any atom is -0.482 e. The van der Waals surface area contributed by atoms with Crippen LogP contribution in [0.5, 0.6) is 5.75 Å². The largest absolute Gasteiger partial charge is 0.482 e. The Balaban J connectivity index is 2.72. The van der Waals surface area contributed by atoms with Crippen LogP contribution in [0.4, 0.5) is 0 Å². The van der Waals surface area contributed by atoms with E-state index < -0.39 is 0 Å². The number of benzene rings is 1. The van der Waals surface area contributed by atoms with E-state index >= 15 is 0 Å². The summed E-state index contributed by atoms with van der Waals surface area (Å²) < 4.78 is 5.44. The SMILES string of the molecule is CCN(C)C(=O)COc1c(Cl)cccc1CN. The summed E-state index contributed by atoms with van der Waals surface area (Å²) in [5.74, 6) is 0.407. The predicted molar refractivity (Wildman–Crippen MR) is 68.1 cm³/mol. The second kappa shape index (κ2) is 6.47. The van der Waals surface area contributed by atoms with Crippen molar-refractivity contribution in [2.45, 2.75) is 13.5 Å². The predicted octanol–water partition coefficient (Wildman–Crippen LogP) is 1.66. The summed E-state index contributed by atoms with van der Waals surface area (Å²) in [6, 6.07) is 5.34. The van der Waals surface area contributed by atoms with E-state index in [9.17, 15) is 4.79 Å². The normalized spacial score (nSPS) is 10.1. The van der Waals surface area contributed by atoms with Gasteiger partial charge in [-0.2, -0.15) is 0 Å². The smallest absolute Gasteiger partial charge is 0.260 e. The Morgan fingerprint density at radius 3 is 2.82 bits per heavy atom. The topological polar surface area (TPSA) is 55.6 Å². The van der Waals surface area contributed by atoms with Gasteiger partial charge in [0.1, 0.15) is 5.75 Å². The second-order valence-electron chi connectivity index (χ2n) is 3.63. The summed E-state index contributed by atoms with van der Waals surface area (Å²) in [5.41, 5.74) is 6.37. The summed E-state index contributed by atoms with van der Waals surface area (Å²) in [6.45, 7) is 2.85. The molecule has 0 aromatic heterocycles. The van der Waals surface area contributed by atoms with Crippen LogP contribution >= 0.6 is 11.6 Å². The molecule has 0 unspecified atom stereocenters. The van der Waals surface area contributed by atoms with E-state index in [0.717, 1.165) is 5.56 Å². The first-order valence-corrected chi connectivity index (χ1v) is 5.82. The van der Waals surface area contributed by atoms with Crippen molar-refractivity contribution in [3.05, 3.63) is 28.8 Å². The van der Waals surface area contributed by atoms with Crippen LogP contribution in [0.1, 0.15) is 12.5 Å². The number of hydrogen-bond acceptors (Lipinski definition) is 3. The third kappa shape index (κ3) is 3.61. The lowest BCUT2D eigenvalue weighted by molar-refractivity contribution is -0.131. The summed E-state index contributed by atoms with van der Waals surface area (Å²) >= 11 is 6.00. The van der Waals surface area contributed by atoms with Gasteiger partial charge in [0.15, 0.2) is 6.61 Å². The van der Waals surface area contributed by atoms with Crippen LogP contribution in [-0.4, -0.2) is 31.0 Å². The highest BCUT2D eigenvalue weighted by molar-refractivity contribution is 6.32. The van der Waals surface area contributed by atoms with E-state index in [4.69, 9.17) is 22.1 Å². The van der Waals surface area contributed by atoms with Gasteiger partial charge in [0.25, 0.3) is 5.91 Å². The van der Waals surface area contributed by atoms with Gasteiger partial charge in [-0.15, -0.1) is 0 Å². The Labute approximate surface area is 106 Å². The van der Waals surface area contributed by atoms with Crippen molar-refractivity contribution in [2.75, 3.05) is 20.2 Å². The van der Waals surface area contributed by atoms with Crippen LogP contribution in [0.2, 0.25) is 5.02 Å².